The average Bonchev–Trinajstić information content (AvgIpc) is 2.67. The molecule has 2 heterocycles. The summed E-state index contributed by atoms with van der Waals surface area (Å²) >= 11 is 1.74. The van der Waals surface area contributed by atoms with Crippen LogP contribution in [0, 0.1) is 0 Å². The van der Waals surface area contributed by atoms with Crippen molar-refractivity contribution in [3.8, 4) is 0 Å². The first-order chi connectivity index (χ1) is 7.18. The van der Waals surface area contributed by atoms with E-state index in [0.29, 0.717) is 6.04 Å². The van der Waals surface area contributed by atoms with Crippen molar-refractivity contribution in [2.45, 2.75) is 45.2 Å². The Morgan fingerprint density at radius 1 is 1.60 bits per heavy atom. The number of rotatable bonds is 2. The van der Waals surface area contributed by atoms with Gasteiger partial charge in [-0.3, -0.25) is 0 Å². The molecule has 2 N–H and O–H groups in total. The second-order valence-corrected chi connectivity index (χ2v) is 5.41. The van der Waals surface area contributed by atoms with E-state index in [1.54, 1.807) is 11.3 Å². The zero-order valence-electron chi connectivity index (χ0n) is 9.44. The van der Waals surface area contributed by atoms with Gasteiger partial charge < -0.3 is 10.6 Å². The van der Waals surface area contributed by atoms with Crippen molar-refractivity contribution < 1.29 is 0 Å². The second kappa shape index (κ2) is 4.49. The second-order valence-electron chi connectivity index (χ2n) is 4.37. The molecule has 2 atom stereocenters. The fraction of sp³-hybridized carbons (Fsp3) is 0.727. The molecule has 1 aromatic heterocycles. The predicted octanol–water partition coefficient (Wildman–Crippen LogP) is 2.54. The molecule has 1 fully saturated rings. The Kier molecular flexibility index (Phi) is 3.26. The molecule has 0 amide bonds. The van der Waals surface area contributed by atoms with Gasteiger partial charge in [-0.1, -0.05) is 0 Å². The van der Waals surface area contributed by atoms with Crippen LogP contribution >= 0.6 is 11.3 Å². The number of piperidine rings is 1. The van der Waals surface area contributed by atoms with Crippen molar-refractivity contribution in [2.24, 2.45) is 5.73 Å². The summed E-state index contributed by atoms with van der Waals surface area (Å²) in [4.78, 5) is 8.08. The van der Waals surface area contributed by atoms with Gasteiger partial charge >= 0.3 is 0 Å². The Morgan fingerprint density at radius 2 is 2.40 bits per heavy atom. The van der Waals surface area contributed by atoms with E-state index in [9.17, 15) is 0 Å². The lowest BCUT2D eigenvalue weighted by Crippen LogP contribution is -2.37. The zero-order chi connectivity index (χ0) is 10.8. The first kappa shape index (κ1) is 10.9. The highest BCUT2D eigenvalue weighted by molar-refractivity contribution is 7.15. The fourth-order valence-corrected chi connectivity index (χ4v) is 3.00. The maximum atomic E-state index is 5.84. The predicted molar refractivity (Wildman–Crippen MR) is 65.4 cm³/mol. The molecule has 0 saturated carbocycles. The van der Waals surface area contributed by atoms with E-state index < -0.39 is 0 Å². The van der Waals surface area contributed by atoms with Gasteiger partial charge in [-0.25, -0.2) is 4.98 Å². The highest BCUT2D eigenvalue weighted by atomic mass is 32.1. The lowest BCUT2D eigenvalue weighted by Gasteiger charge is -2.33. The maximum absolute atomic E-state index is 5.84. The van der Waals surface area contributed by atoms with E-state index in [1.807, 2.05) is 13.1 Å². The normalized spacial score (nSPS) is 24.2. The number of hydrogen-bond donors (Lipinski definition) is 1. The van der Waals surface area contributed by atoms with Crippen LogP contribution in [0.2, 0.25) is 0 Å². The molecular formula is C11H19N3S. The van der Waals surface area contributed by atoms with Crippen molar-refractivity contribution in [1.82, 2.24) is 4.98 Å². The molecule has 3 nitrogen and oxygen atoms in total. The minimum Gasteiger partial charge on any atom is -0.345 e. The summed E-state index contributed by atoms with van der Waals surface area (Å²) in [5, 5.41) is 1.15. The van der Waals surface area contributed by atoms with Crippen LogP contribution in [0.25, 0.3) is 0 Å². The van der Waals surface area contributed by atoms with Gasteiger partial charge in [0, 0.05) is 29.7 Å². The van der Waals surface area contributed by atoms with E-state index in [0.717, 1.165) is 11.7 Å². The van der Waals surface area contributed by atoms with Gasteiger partial charge in [0.1, 0.15) is 0 Å². The minimum atomic E-state index is 0.108. The summed E-state index contributed by atoms with van der Waals surface area (Å²) in [6.07, 6.45) is 5.85. The Hall–Kier alpha value is -0.610. The average molecular weight is 225 g/mol. The monoisotopic (exact) mass is 225 g/mol. The third kappa shape index (κ3) is 2.32. The van der Waals surface area contributed by atoms with Crippen LogP contribution in [-0.4, -0.2) is 17.6 Å². The van der Waals surface area contributed by atoms with E-state index >= 15 is 0 Å². The van der Waals surface area contributed by atoms with Crippen molar-refractivity contribution in [3.63, 3.8) is 0 Å². The van der Waals surface area contributed by atoms with Crippen LogP contribution < -0.4 is 10.6 Å². The minimum absolute atomic E-state index is 0.108. The summed E-state index contributed by atoms with van der Waals surface area (Å²) in [5.41, 5.74) is 5.84. The Balaban J connectivity index is 2.13. The number of aromatic nitrogens is 1. The highest BCUT2D eigenvalue weighted by Crippen LogP contribution is 2.30. The van der Waals surface area contributed by atoms with Gasteiger partial charge in [0.2, 0.25) is 0 Å². The first-order valence-corrected chi connectivity index (χ1v) is 6.48. The lowest BCUT2D eigenvalue weighted by atomic mass is 10.1. The Labute approximate surface area is 95.3 Å². The molecule has 0 radical (unpaired) electrons. The van der Waals surface area contributed by atoms with Gasteiger partial charge in [-0.05, 0) is 33.1 Å². The molecule has 4 heteroatoms. The molecular weight excluding hydrogens is 206 g/mol. The quantitative estimate of drug-likeness (QED) is 0.841. The van der Waals surface area contributed by atoms with Crippen LogP contribution in [0.4, 0.5) is 5.13 Å². The van der Waals surface area contributed by atoms with E-state index in [4.69, 9.17) is 5.73 Å². The molecule has 15 heavy (non-hydrogen) atoms. The molecule has 0 bridgehead atoms. The summed E-state index contributed by atoms with van der Waals surface area (Å²) in [7, 11) is 0. The van der Waals surface area contributed by atoms with Gasteiger partial charge in [-0.15, -0.1) is 11.3 Å². The van der Waals surface area contributed by atoms with Gasteiger partial charge in [0.15, 0.2) is 5.13 Å². The van der Waals surface area contributed by atoms with E-state index in [-0.39, 0.29) is 6.04 Å². The fourth-order valence-electron chi connectivity index (χ4n) is 2.00. The molecule has 84 valence electrons. The van der Waals surface area contributed by atoms with Crippen molar-refractivity contribution in [1.29, 1.82) is 0 Å². The van der Waals surface area contributed by atoms with Crippen molar-refractivity contribution in [2.75, 3.05) is 11.4 Å². The smallest absolute Gasteiger partial charge is 0.185 e. The lowest BCUT2D eigenvalue weighted by molar-refractivity contribution is 0.484. The molecule has 1 aromatic rings. The summed E-state index contributed by atoms with van der Waals surface area (Å²) in [6.45, 7) is 5.44. The van der Waals surface area contributed by atoms with Crippen LogP contribution in [0.5, 0.6) is 0 Å². The zero-order valence-corrected chi connectivity index (χ0v) is 10.3. The molecule has 2 unspecified atom stereocenters. The molecule has 1 saturated heterocycles. The van der Waals surface area contributed by atoms with Gasteiger partial charge in [0.05, 0.1) is 0 Å². The summed E-state index contributed by atoms with van der Waals surface area (Å²) < 4.78 is 0. The molecule has 1 aliphatic heterocycles. The largest absolute Gasteiger partial charge is 0.345 e. The molecule has 0 spiro atoms. The number of anilines is 1. The third-order valence-corrected chi connectivity index (χ3v) is 4.24. The topological polar surface area (TPSA) is 42.1 Å². The van der Waals surface area contributed by atoms with Crippen LogP contribution in [0.3, 0.4) is 0 Å². The SMILES string of the molecule is CC(N)c1cnc(N2CCCCC2C)s1. The number of nitrogens with zero attached hydrogens (tertiary/aromatic N) is 2. The van der Waals surface area contributed by atoms with Crippen LogP contribution in [0.15, 0.2) is 6.20 Å². The van der Waals surface area contributed by atoms with E-state index in [2.05, 4.69) is 16.8 Å². The summed E-state index contributed by atoms with van der Waals surface area (Å²) in [6, 6.07) is 0.738. The maximum Gasteiger partial charge on any atom is 0.185 e. The molecule has 2 rings (SSSR count). The van der Waals surface area contributed by atoms with Crippen LogP contribution in [0.1, 0.15) is 44.0 Å². The number of nitrogens with two attached hydrogens (primary N) is 1. The van der Waals surface area contributed by atoms with Crippen molar-refractivity contribution >= 4 is 16.5 Å². The number of hydrogen-bond acceptors (Lipinski definition) is 4. The Bertz CT molecular complexity index is 321. The standard InChI is InChI=1S/C11H19N3S/c1-8-5-3-4-6-14(8)11-13-7-10(15-11)9(2)12/h7-9H,3-6,12H2,1-2H3. The van der Waals surface area contributed by atoms with Crippen LogP contribution in [-0.2, 0) is 0 Å². The molecule has 0 aromatic carbocycles. The third-order valence-electron chi connectivity index (χ3n) is 3.01. The van der Waals surface area contributed by atoms with Crippen molar-refractivity contribution in [3.05, 3.63) is 11.1 Å². The summed E-state index contributed by atoms with van der Waals surface area (Å²) in [5.74, 6) is 0. The molecule has 1 aliphatic rings. The number of thiazole rings is 1. The first-order valence-electron chi connectivity index (χ1n) is 5.66. The molecule has 0 aliphatic carbocycles. The van der Waals surface area contributed by atoms with E-state index in [1.165, 1.54) is 24.1 Å². The Morgan fingerprint density at radius 3 is 3.00 bits per heavy atom. The van der Waals surface area contributed by atoms with Gasteiger partial charge in [0.25, 0.3) is 0 Å². The highest BCUT2D eigenvalue weighted by Gasteiger charge is 2.21. The van der Waals surface area contributed by atoms with Gasteiger partial charge in [-0.2, -0.15) is 0 Å².